The van der Waals surface area contributed by atoms with Crippen LogP contribution in [0.1, 0.15) is 12.5 Å². The lowest BCUT2D eigenvalue weighted by atomic mass is 10.1. The van der Waals surface area contributed by atoms with Gasteiger partial charge in [-0.15, -0.1) is 0 Å². The number of benzene rings is 1. The average molecular weight is 243 g/mol. The summed E-state index contributed by atoms with van der Waals surface area (Å²) >= 11 is 0. The molecule has 0 atom stereocenters. The van der Waals surface area contributed by atoms with Crippen molar-refractivity contribution in [3.05, 3.63) is 17.7 Å². The quantitative estimate of drug-likeness (QED) is 0.578. The van der Waals surface area contributed by atoms with Crippen LogP contribution >= 0.6 is 0 Å². The lowest BCUT2D eigenvalue weighted by Gasteiger charge is -2.14. The maximum Gasteiger partial charge on any atom is 0.221 e. The van der Waals surface area contributed by atoms with E-state index in [2.05, 4.69) is 5.32 Å². The van der Waals surface area contributed by atoms with Crippen LogP contribution in [0.2, 0.25) is 0 Å². The molecule has 0 spiro atoms. The van der Waals surface area contributed by atoms with Crippen LogP contribution in [0.15, 0.2) is 17.0 Å². The molecule has 0 aliphatic rings. The van der Waals surface area contributed by atoms with E-state index in [1.54, 1.807) is 6.92 Å². The first-order chi connectivity index (χ1) is 7.21. The van der Waals surface area contributed by atoms with Gasteiger partial charge in [-0.1, -0.05) is 0 Å². The molecule has 0 aliphatic carbocycles. The van der Waals surface area contributed by atoms with Gasteiger partial charge in [0, 0.05) is 18.3 Å². The summed E-state index contributed by atoms with van der Waals surface area (Å²) < 4.78 is 32.4. The predicted octanol–water partition coefficient (Wildman–Crippen LogP) is 0.440. The van der Waals surface area contributed by atoms with Crippen molar-refractivity contribution in [3.63, 3.8) is 0 Å². The molecule has 0 saturated carbocycles. The van der Waals surface area contributed by atoms with Crippen molar-refractivity contribution < 1.29 is 17.8 Å². The molecule has 0 saturated heterocycles. The minimum Gasteiger partial charge on any atom is -0.744 e. The van der Waals surface area contributed by atoms with E-state index >= 15 is 0 Å². The maximum absolute atomic E-state index is 10.9. The van der Waals surface area contributed by atoms with E-state index in [0.717, 1.165) is 12.1 Å². The molecule has 7 heteroatoms. The third-order valence-electron chi connectivity index (χ3n) is 2.02. The average Bonchev–Trinajstić information content (AvgIpc) is 2.10. The van der Waals surface area contributed by atoms with Crippen molar-refractivity contribution in [2.45, 2.75) is 18.7 Å². The zero-order valence-electron chi connectivity index (χ0n) is 8.77. The molecule has 88 valence electrons. The van der Waals surface area contributed by atoms with Crippen molar-refractivity contribution in [2.24, 2.45) is 0 Å². The largest absolute Gasteiger partial charge is 0.744 e. The van der Waals surface area contributed by atoms with E-state index < -0.39 is 15.0 Å². The van der Waals surface area contributed by atoms with E-state index in [-0.39, 0.29) is 17.3 Å². The van der Waals surface area contributed by atoms with Gasteiger partial charge in [0.15, 0.2) is 0 Å². The number of hydrogen-bond donors (Lipinski definition) is 2. The highest BCUT2D eigenvalue weighted by Crippen LogP contribution is 2.25. The van der Waals surface area contributed by atoms with Crippen LogP contribution in [0.4, 0.5) is 11.4 Å². The number of hydrogen-bond acceptors (Lipinski definition) is 5. The van der Waals surface area contributed by atoms with Gasteiger partial charge in [0.2, 0.25) is 5.91 Å². The van der Waals surface area contributed by atoms with Gasteiger partial charge < -0.3 is 15.6 Å². The van der Waals surface area contributed by atoms with E-state index in [4.69, 9.17) is 5.73 Å². The topological polar surface area (TPSA) is 112 Å². The Morgan fingerprint density at radius 3 is 2.44 bits per heavy atom. The Labute approximate surface area is 93.2 Å². The minimum atomic E-state index is -4.58. The summed E-state index contributed by atoms with van der Waals surface area (Å²) in [5.74, 6) is -0.372. The Balaban J connectivity index is 3.39. The second kappa shape index (κ2) is 4.11. The predicted molar refractivity (Wildman–Crippen MR) is 57.9 cm³/mol. The molecular weight excluding hydrogens is 232 g/mol. The lowest BCUT2D eigenvalue weighted by Crippen LogP contribution is -2.10. The summed E-state index contributed by atoms with van der Waals surface area (Å²) in [5, 5.41) is 2.40. The first-order valence-electron chi connectivity index (χ1n) is 4.35. The Hall–Kier alpha value is -1.60. The number of nitrogens with two attached hydrogens (primary N) is 1. The Kier molecular flexibility index (Phi) is 3.20. The first-order valence-corrected chi connectivity index (χ1v) is 5.76. The molecule has 1 aromatic carbocycles. The fourth-order valence-electron chi connectivity index (χ4n) is 1.17. The molecule has 0 unspecified atom stereocenters. The summed E-state index contributed by atoms with van der Waals surface area (Å²) in [4.78, 5) is 10.4. The van der Waals surface area contributed by atoms with Crippen LogP contribution in [0, 0.1) is 6.92 Å². The van der Waals surface area contributed by atoms with E-state index in [0.29, 0.717) is 5.56 Å². The van der Waals surface area contributed by atoms with E-state index in [9.17, 15) is 17.8 Å². The molecule has 16 heavy (non-hydrogen) atoms. The highest BCUT2D eigenvalue weighted by atomic mass is 32.2. The second-order valence-corrected chi connectivity index (χ2v) is 4.70. The van der Waals surface area contributed by atoms with Crippen molar-refractivity contribution >= 4 is 27.4 Å². The molecule has 0 aromatic heterocycles. The van der Waals surface area contributed by atoms with Gasteiger partial charge in [-0.3, -0.25) is 4.79 Å². The van der Waals surface area contributed by atoms with Gasteiger partial charge in [0.25, 0.3) is 0 Å². The van der Waals surface area contributed by atoms with Gasteiger partial charge in [0.1, 0.15) is 10.1 Å². The number of anilines is 2. The molecule has 1 aromatic rings. The molecule has 1 rings (SSSR count). The van der Waals surface area contributed by atoms with E-state index in [1.165, 1.54) is 6.92 Å². The Morgan fingerprint density at radius 1 is 1.44 bits per heavy atom. The van der Waals surface area contributed by atoms with Crippen molar-refractivity contribution in [1.82, 2.24) is 0 Å². The molecular formula is C9H11N2O4S-. The molecule has 3 N–H and O–H groups in total. The Morgan fingerprint density at radius 2 is 2.00 bits per heavy atom. The number of nitrogens with one attached hydrogen (secondary N) is 1. The summed E-state index contributed by atoms with van der Waals surface area (Å²) in [6, 6.07) is 2.17. The molecule has 1 amide bonds. The lowest BCUT2D eigenvalue weighted by molar-refractivity contribution is -0.114. The third-order valence-corrected chi connectivity index (χ3v) is 2.83. The van der Waals surface area contributed by atoms with Crippen molar-refractivity contribution in [3.8, 4) is 0 Å². The van der Waals surface area contributed by atoms with Crippen LogP contribution in [0.5, 0.6) is 0 Å². The monoisotopic (exact) mass is 243 g/mol. The summed E-state index contributed by atoms with van der Waals surface area (Å²) in [5.41, 5.74) is 6.42. The number of nitrogen functional groups attached to an aromatic ring is 1. The highest BCUT2D eigenvalue weighted by Gasteiger charge is 2.10. The smallest absolute Gasteiger partial charge is 0.221 e. The summed E-state index contributed by atoms with van der Waals surface area (Å²) in [6.45, 7) is 2.88. The SMILES string of the molecule is CC(=O)Nc1cc(S(=O)(=O)[O-])cc(N)c1C. The normalized spacial score (nSPS) is 11.2. The molecule has 0 fully saturated rings. The van der Waals surface area contributed by atoms with Gasteiger partial charge >= 0.3 is 0 Å². The summed E-state index contributed by atoms with van der Waals surface area (Å²) in [7, 11) is -4.58. The van der Waals surface area contributed by atoms with Crippen molar-refractivity contribution in [2.75, 3.05) is 11.1 Å². The van der Waals surface area contributed by atoms with Gasteiger partial charge in [0.05, 0.1) is 4.90 Å². The molecule has 0 bridgehead atoms. The van der Waals surface area contributed by atoms with Gasteiger partial charge in [-0.05, 0) is 24.6 Å². The standard InChI is InChI=1S/C9H12N2O4S/c1-5-8(10)3-7(16(13,14)15)4-9(5)11-6(2)12/h3-4H,10H2,1-2H3,(H,11,12)(H,13,14,15)/p-1. The Bertz CT molecular complexity index is 537. The molecule has 6 nitrogen and oxygen atoms in total. The van der Waals surface area contributed by atoms with Crippen LogP contribution in [0.25, 0.3) is 0 Å². The van der Waals surface area contributed by atoms with Gasteiger partial charge in [-0.2, -0.15) is 0 Å². The minimum absolute atomic E-state index is 0.140. The molecule has 0 radical (unpaired) electrons. The fourth-order valence-corrected chi connectivity index (χ4v) is 1.71. The zero-order chi connectivity index (χ0) is 12.5. The molecule has 0 aliphatic heterocycles. The maximum atomic E-state index is 10.9. The highest BCUT2D eigenvalue weighted by molar-refractivity contribution is 7.85. The number of amides is 1. The second-order valence-electron chi connectivity index (χ2n) is 3.32. The number of carbonyl (C=O) groups excluding carboxylic acids is 1. The first kappa shape index (κ1) is 12.5. The van der Waals surface area contributed by atoms with E-state index in [1.807, 2.05) is 0 Å². The third kappa shape index (κ3) is 2.71. The van der Waals surface area contributed by atoms with Crippen molar-refractivity contribution in [1.29, 1.82) is 0 Å². The van der Waals surface area contributed by atoms with Crippen LogP contribution in [-0.2, 0) is 14.9 Å². The van der Waals surface area contributed by atoms with Gasteiger partial charge in [-0.25, -0.2) is 8.42 Å². The number of rotatable bonds is 2. The van der Waals surface area contributed by atoms with Crippen LogP contribution in [-0.4, -0.2) is 18.9 Å². The number of carbonyl (C=O) groups is 1. The molecule has 0 heterocycles. The van der Waals surface area contributed by atoms with Crippen LogP contribution < -0.4 is 11.1 Å². The zero-order valence-corrected chi connectivity index (χ0v) is 9.59. The van der Waals surface area contributed by atoms with Crippen LogP contribution in [0.3, 0.4) is 0 Å². The summed E-state index contributed by atoms with van der Waals surface area (Å²) in [6.07, 6.45) is 0. The fraction of sp³-hybridized carbons (Fsp3) is 0.222.